The number of hydrogen-bond acceptors (Lipinski definition) is 7. The maximum Gasteiger partial charge on any atom is 0.268 e. The summed E-state index contributed by atoms with van der Waals surface area (Å²) in [5.74, 6) is -0.376. The molecule has 2 aliphatic heterocycles. The van der Waals surface area contributed by atoms with E-state index in [4.69, 9.17) is 0 Å². The number of carbonyl (C=O) groups is 1. The van der Waals surface area contributed by atoms with Crippen molar-refractivity contribution in [1.82, 2.24) is 25.5 Å². The van der Waals surface area contributed by atoms with Gasteiger partial charge >= 0.3 is 0 Å². The van der Waals surface area contributed by atoms with Crippen LogP contribution < -0.4 is 5.32 Å². The second-order valence-corrected chi connectivity index (χ2v) is 7.26. The number of hydrogen-bond donors (Lipinski definition) is 2. The predicted octanol–water partition coefficient (Wildman–Crippen LogP) is -0.523. The quantitative estimate of drug-likeness (QED) is 0.708. The highest BCUT2D eigenvalue weighted by Crippen LogP contribution is 2.21. The second kappa shape index (κ2) is 5.05. The summed E-state index contributed by atoms with van der Waals surface area (Å²) >= 11 is 0. The Morgan fingerprint density at radius 3 is 2.86 bits per heavy atom. The number of H-pyrrole nitrogens is 1. The normalized spacial score (nSPS) is 17.7. The van der Waals surface area contributed by atoms with Gasteiger partial charge in [0.1, 0.15) is 4.86 Å². The van der Waals surface area contributed by atoms with Crippen molar-refractivity contribution in [2.24, 2.45) is 10.4 Å². The number of nitrogens with zero attached hydrogens (tertiary/aromatic N) is 5. The van der Waals surface area contributed by atoms with Crippen LogP contribution in [0.15, 0.2) is 17.3 Å². The van der Waals surface area contributed by atoms with Crippen LogP contribution in [-0.2, 0) is 14.8 Å². The van der Waals surface area contributed by atoms with Gasteiger partial charge in [-0.3, -0.25) is 10.1 Å². The molecule has 0 bridgehead atoms. The summed E-state index contributed by atoms with van der Waals surface area (Å²) in [6.07, 6.45) is 3.68. The first-order chi connectivity index (χ1) is 10.4. The lowest BCUT2D eigenvalue weighted by molar-refractivity contribution is -0.110. The SMILES string of the molecule is CC(C)(C)C1=NC2=S(=O)=C(C(=O)Nc3nnn[nH]3)CN2C=C1. The minimum absolute atomic E-state index is 0.110. The fourth-order valence-corrected chi connectivity index (χ4v) is 3.20. The van der Waals surface area contributed by atoms with Gasteiger partial charge < -0.3 is 4.90 Å². The molecule has 1 amide bonds. The van der Waals surface area contributed by atoms with Crippen molar-refractivity contribution in [3.63, 3.8) is 0 Å². The molecule has 3 rings (SSSR count). The van der Waals surface area contributed by atoms with Gasteiger partial charge in [0.05, 0.1) is 22.2 Å². The summed E-state index contributed by atoms with van der Waals surface area (Å²) in [5.41, 5.74) is 0.671. The van der Waals surface area contributed by atoms with Crippen molar-refractivity contribution in [3.8, 4) is 0 Å². The lowest BCUT2D eigenvalue weighted by Gasteiger charge is -2.25. The zero-order valence-corrected chi connectivity index (χ0v) is 13.1. The molecule has 116 valence electrons. The predicted molar refractivity (Wildman–Crippen MR) is 83.7 cm³/mol. The van der Waals surface area contributed by atoms with Crippen LogP contribution in [0.1, 0.15) is 20.8 Å². The van der Waals surface area contributed by atoms with Crippen LogP contribution in [0, 0.1) is 5.41 Å². The third kappa shape index (κ3) is 2.52. The molecule has 10 heteroatoms. The van der Waals surface area contributed by atoms with Crippen LogP contribution in [0.2, 0.25) is 0 Å². The van der Waals surface area contributed by atoms with E-state index in [0.717, 1.165) is 5.71 Å². The van der Waals surface area contributed by atoms with Gasteiger partial charge in [0.25, 0.3) is 5.91 Å². The van der Waals surface area contributed by atoms with Crippen LogP contribution >= 0.6 is 0 Å². The number of tetrazole rings is 1. The van der Waals surface area contributed by atoms with E-state index in [9.17, 15) is 9.00 Å². The van der Waals surface area contributed by atoms with E-state index in [1.54, 1.807) is 11.1 Å². The Balaban J connectivity index is 1.95. The largest absolute Gasteiger partial charge is 0.317 e. The standard InChI is InChI=1S/C12H15N7O2S/c1-12(2,3)8-4-5-19-6-7(22(21)11(19)13-8)9(20)14-10-15-17-18-16-10/h4-5H,6H2,1-3H3,(H2,14,15,16,17,18,20). The fraction of sp³-hybridized carbons (Fsp3) is 0.417. The number of anilines is 1. The van der Waals surface area contributed by atoms with Crippen molar-refractivity contribution in [3.05, 3.63) is 12.3 Å². The van der Waals surface area contributed by atoms with Crippen molar-refractivity contribution in [2.45, 2.75) is 20.8 Å². The molecular weight excluding hydrogens is 306 g/mol. The third-order valence-corrected chi connectivity index (χ3v) is 4.60. The molecule has 0 radical (unpaired) electrons. The minimum atomic E-state index is -1.60. The van der Waals surface area contributed by atoms with E-state index < -0.39 is 15.9 Å². The van der Waals surface area contributed by atoms with E-state index in [0.29, 0.717) is 5.11 Å². The molecule has 0 unspecified atom stereocenters. The van der Waals surface area contributed by atoms with E-state index in [-0.39, 0.29) is 22.8 Å². The van der Waals surface area contributed by atoms with Crippen molar-refractivity contribution >= 4 is 37.5 Å². The number of aromatic amines is 1. The maximum absolute atomic E-state index is 12.5. The number of amides is 1. The van der Waals surface area contributed by atoms with Gasteiger partial charge in [-0.2, -0.15) is 0 Å². The van der Waals surface area contributed by atoms with Gasteiger partial charge in [0.15, 0.2) is 0 Å². The zero-order valence-electron chi connectivity index (χ0n) is 12.3. The van der Waals surface area contributed by atoms with E-state index in [2.05, 4.69) is 30.9 Å². The number of nitrogens with one attached hydrogen (secondary N) is 2. The maximum atomic E-state index is 12.5. The van der Waals surface area contributed by atoms with Crippen LogP contribution in [0.25, 0.3) is 0 Å². The number of carbonyl (C=O) groups excluding carboxylic acids is 1. The van der Waals surface area contributed by atoms with Crippen LogP contribution in [-0.4, -0.2) is 57.9 Å². The van der Waals surface area contributed by atoms with E-state index in [1.807, 2.05) is 26.8 Å². The van der Waals surface area contributed by atoms with Gasteiger partial charge in [-0.15, -0.1) is 0 Å². The molecule has 0 saturated heterocycles. The van der Waals surface area contributed by atoms with E-state index >= 15 is 0 Å². The lowest BCUT2D eigenvalue weighted by Crippen LogP contribution is -2.33. The second-order valence-electron chi connectivity index (χ2n) is 5.87. The summed E-state index contributed by atoms with van der Waals surface area (Å²) in [6.45, 7) is 6.31. The Labute approximate surface area is 128 Å². The van der Waals surface area contributed by atoms with Crippen molar-refractivity contribution in [1.29, 1.82) is 0 Å². The van der Waals surface area contributed by atoms with E-state index in [1.165, 1.54) is 0 Å². The molecular formula is C12H15N7O2S. The molecule has 2 N–H and O–H groups in total. The third-order valence-electron chi connectivity index (χ3n) is 3.18. The van der Waals surface area contributed by atoms with Crippen LogP contribution in [0.4, 0.5) is 5.95 Å². The van der Waals surface area contributed by atoms with Gasteiger partial charge in [-0.1, -0.05) is 25.9 Å². The molecule has 1 aromatic heterocycles. The summed E-state index contributed by atoms with van der Waals surface area (Å²) in [5, 5.41) is 15.6. The summed E-state index contributed by atoms with van der Waals surface area (Å²) in [6, 6.07) is 0. The highest BCUT2D eigenvalue weighted by Gasteiger charge is 2.29. The van der Waals surface area contributed by atoms with Crippen LogP contribution in [0.3, 0.4) is 0 Å². The summed E-state index contributed by atoms with van der Waals surface area (Å²) in [4.78, 5) is 18.5. The number of aliphatic imine (C=N–C) groups is 1. The molecule has 1 aromatic rings. The lowest BCUT2D eigenvalue weighted by atomic mass is 9.89. The van der Waals surface area contributed by atoms with Gasteiger partial charge in [-0.25, -0.2) is 14.3 Å². The zero-order chi connectivity index (χ0) is 15.9. The Morgan fingerprint density at radius 2 is 2.23 bits per heavy atom. The molecule has 0 fully saturated rings. The fourth-order valence-electron chi connectivity index (χ4n) is 1.98. The molecule has 22 heavy (non-hydrogen) atoms. The van der Waals surface area contributed by atoms with Crippen molar-refractivity contribution < 1.29 is 9.00 Å². The molecule has 0 aliphatic carbocycles. The first-order valence-corrected chi connectivity index (χ1v) is 7.75. The smallest absolute Gasteiger partial charge is 0.268 e. The van der Waals surface area contributed by atoms with Gasteiger partial charge in [-0.05, 0) is 16.5 Å². The highest BCUT2D eigenvalue weighted by molar-refractivity contribution is 7.87. The first-order valence-electron chi connectivity index (χ1n) is 6.60. The molecule has 2 aliphatic rings. The number of fused-ring (bicyclic) bond motifs is 1. The topological polar surface area (TPSA) is 116 Å². The number of aromatic nitrogens is 4. The van der Waals surface area contributed by atoms with Crippen molar-refractivity contribution in [2.75, 3.05) is 11.9 Å². The van der Waals surface area contributed by atoms with Gasteiger partial charge in [0.2, 0.25) is 11.1 Å². The first kappa shape index (κ1) is 14.4. The molecule has 0 aromatic carbocycles. The Hall–Kier alpha value is -2.49. The molecule has 0 spiro atoms. The van der Waals surface area contributed by atoms with Gasteiger partial charge in [0, 0.05) is 11.6 Å². The molecule has 3 heterocycles. The Bertz CT molecular complexity index is 827. The molecule has 9 nitrogen and oxygen atoms in total. The molecule has 0 saturated carbocycles. The average molecular weight is 321 g/mol. The monoisotopic (exact) mass is 321 g/mol. The average Bonchev–Trinajstić information content (AvgIpc) is 3.06. The highest BCUT2D eigenvalue weighted by atomic mass is 32.1. The number of rotatable bonds is 2. The molecule has 0 atom stereocenters. The Kier molecular flexibility index (Phi) is 3.32. The van der Waals surface area contributed by atoms with Crippen LogP contribution in [0.5, 0.6) is 0 Å². The summed E-state index contributed by atoms with van der Waals surface area (Å²) < 4.78 is 12.5. The minimum Gasteiger partial charge on any atom is -0.317 e. The number of allylic oxidation sites excluding steroid dienone is 1. The Morgan fingerprint density at radius 1 is 1.45 bits per heavy atom. The summed E-state index contributed by atoms with van der Waals surface area (Å²) in [7, 11) is -1.60.